The summed E-state index contributed by atoms with van der Waals surface area (Å²) in [7, 11) is 2.03. The molecule has 0 atom stereocenters. The second kappa shape index (κ2) is 4.35. The molecule has 0 radical (unpaired) electrons. The van der Waals surface area contributed by atoms with E-state index >= 15 is 0 Å². The van der Waals surface area contributed by atoms with E-state index in [9.17, 15) is 0 Å². The summed E-state index contributed by atoms with van der Waals surface area (Å²) in [6.45, 7) is 0. The lowest BCUT2D eigenvalue weighted by Crippen LogP contribution is -2.08. The van der Waals surface area contributed by atoms with Crippen molar-refractivity contribution < 1.29 is 0 Å². The van der Waals surface area contributed by atoms with Gasteiger partial charge in [-0.3, -0.25) is 0 Å². The SMILES string of the molecule is CN(c1ccc(Cl)cc1)c1c[nH]c2ncccc12. The van der Waals surface area contributed by atoms with E-state index in [2.05, 4.69) is 20.9 Å². The van der Waals surface area contributed by atoms with Crippen molar-refractivity contribution in [3.63, 3.8) is 0 Å². The van der Waals surface area contributed by atoms with Gasteiger partial charge in [-0.2, -0.15) is 0 Å². The van der Waals surface area contributed by atoms with Crippen LogP contribution in [0.25, 0.3) is 11.0 Å². The van der Waals surface area contributed by atoms with E-state index in [1.165, 1.54) is 0 Å². The van der Waals surface area contributed by atoms with Crippen LogP contribution in [0.2, 0.25) is 5.02 Å². The fourth-order valence-corrected chi connectivity index (χ4v) is 2.15. The number of hydrogen-bond acceptors (Lipinski definition) is 2. The molecule has 1 N–H and O–H groups in total. The van der Waals surface area contributed by atoms with Gasteiger partial charge in [-0.25, -0.2) is 4.98 Å². The average molecular weight is 258 g/mol. The minimum Gasteiger partial charge on any atom is -0.344 e. The molecule has 0 aliphatic carbocycles. The summed E-state index contributed by atoms with van der Waals surface area (Å²) >= 11 is 5.90. The van der Waals surface area contributed by atoms with Gasteiger partial charge in [0, 0.05) is 35.5 Å². The van der Waals surface area contributed by atoms with Crippen molar-refractivity contribution in [1.29, 1.82) is 0 Å². The van der Waals surface area contributed by atoms with Crippen LogP contribution in [0.15, 0.2) is 48.8 Å². The number of aromatic amines is 1. The van der Waals surface area contributed by atoms with Crippen molar-refractivity contribution in [2.75, 3.05) is 11.9 Å². The number of nitrogens with zero attached hydrogens (tertiary/aromatic N) is 2. The van der Waals surface area contributed by atoms with Gasteiger partial charge >= 0.3 is 0 Å². The molecular formula is C14H12ClN3. The van der Waals surface area contributed by atoms with Gasteiger partial charge in [0.1, 0.15) is 5.65 Å². The predicted molar refractivity (Wildman–Crippen MR) is 75.6 cm³/mol. The number of hydrogen-bond donors (Lipinski definition) is 1. The molecule has 0 bridgehead atoms. The summed E-state index contributed by atoms with van der Waals surface area (Å²) in [5, 5.41) is 1.85. The molecule has 4 heteroatoms. The van der Waals surface area contributed by atoms with Gasteiger partial charge in [-0.15, -0.1) is 0 Å². The Morgan fingerprint density at radius 3 is 2.72 bits per heavy atom. The zero-order chi connectivity index (χ0) is 12.5. The van der Waals surface area contributed by atoms with Crippen LogP contribution in [0, 0.1) is 0 Å². The van der Waals surface area contributed by atoms with E-state index in [0.717, 1.165) is 27.4 Å². The standard InChI is InChI=1S/C14H12ClN3/c1-18(11-6-4-10(15)5-7-11)13-9-17-14-12(13)3-2-8-16-14/h2-9H,1H3,(H,16,17). The van der Waals surface area contributed by atoms with E-state index in [1.807, 2.05) is 43.6 Å². The van der Waals surface area contributed by atoms with Crippen LogP contribution < -0.4 is 4.90 Å². The molecule has 0 saturated heterocycles. The molecule has 0 spiro atoms. The first-order valence-corrected chi connectivity index (χ1v) is 6.05. The summed E-state index contributed by atoms with van der Waals surface area (Å²) < 4.78 is 0. The fraction of sp³-hybridized carbons (Fsp3) is 0.0714. The molecule has 0 fully saturated rings. The predicted octanol–water partition coefficient (Wildman–Crippen LogP) is 3.98. The normalized spacial score (nSPS) is 10.8. The molecule has 2 heterocycles. The third-order valence-electron chi connectivity index (χ3n) is 3.00. The van der Waals surface area contributed by atoms with Crippen LogP contribution in [0.1, 0.15) is 0 Å². The van der Waals surface area contributed by atoms with Crippen molar-refractivity contribution >= 4 is 34.0 Å². The topological polar surface area (TPSA) is 31.9 Å². The number of anilines is 2. The maximum Gasteiger partial charge on any atom is 0.139 e. The Hall–Kier alpha value is -2.00. The van der Waals surface area contributed by atoms with Gasteiger partial charge < -0.3 is 9.88 Å². The fourth-order valence-electron chi connectivity index (χ4n) is 2.02. The van der Waals surface area contributed by atoms with Crippen LogP contribution in [0.5, 0.6) is 0 Å². The summed E-state index contributed by atoms with van der Waals surface area (Å²) in [5.74, 6) is 0. The van der Waals surface area contributed by atoms with E-state index in [-0.39, 0.29) is 0 Å². The molecule has 2 aromatic heterocycles. The minimum absolute atomic E-state index is 0.743. The van der Waals surface area contributed by atoms with Crippen molar-refractivity contribution in [1.82, 2.24) is 9.97 Å². The van der Waals surface area contributed by atoms with Gasteiger partial charge in [0.05, 0.1) is 5.69 Å². The lowest BCUT2D eigenvalue weighted by molar-refractivity contribution is 1.22. The zero-order valence-electron chi connectivity index (χ0n) is 9.89. The Morgan fingerprint density at radius 2 is 1.94 bits per heavy atom. The minimum atomic E-state index is 0.743. The molecule has 3 nitrogen and oxygen atoms in total. The first kappa shape index (κ1) is 11.1. The molecule has 3 rings (SSSR count). The lowest BCUT2D eigenvalue weighted by Gasteiger charge is -2.18. The van der Waals surface area contributed by atoms with Crippen molar-refractivity contribution in [3.05, 3.63) is 53.8 Å². The number of pyridine rings is 1. The van der Waals surface area contributed by atoms with Crippen LogP contribution in [0.3, 0.4) is 0 Å². The second-order valence-corrected chi connectivity index (χ2v) is 4.55. The zero-order valence-corrected chi connectivity index (χ0v) is 10.6. The van der Waals surface area contributed by atoms with Gasteiger partial charge in [-0.05, 0) is 36.4 Å². The van der Waals surface area contributed by atoms with Crippen LogP contribution in [0.4, 0.5) is 11.4 Å². The molecule has 0 unspecified atom stereocenters. The summed E-state index contributed by atoms with van der Waals surface area (Å²) in [4.78, 5) is 9.57. The number of aromatic nitrogens is 2. The number of H-pyrrole nitrogens is 1. The smallest absolute Gasteiger partial charge is 0.139 e. The molecule has 1 aromatic carbocycles. The number of nitrogens with one attached hydrogen (secondary N) is 1. The van der Waals surface area contributed by atoms with E-state index in [1.54, 1.807) is 6.20 Å². The monoisotopic (exact) mass is 257 g/mol. The summed E-state index contributed by atoms with van der Waals surface area (Å²) in [5.41, 5.74) is 3.08. The molecule has 0 aliphatic rings. The highest BCUT2D eigenvalue weighted by Gasteiger charge is 2.09. The quantitative estimate of drug-likeness (QED) is 0.753. The van der Waals surface area contributed by atoms with E-state index in [4.69, 9.17) is 11.6 Å². The Kier molecular flexibility index (Phi) is 2.68. The third kappa shape index (κ3) is 1.83. The van der Waals surface area contributed by atoms with Crippen LogP contribution in [-0.2, 0) is 0 Å². The highest BCUT2D eigenvalue weighted by Crippen LogP contribution is 2.30. The van der Waals surface area contributed by atoms with Gasteiger partial charge in [0.25, 0.3) is 0 Å². The maximum atomic E-state index is 5.90. The van der Waals surface area contributed by atoms with Gasteiger partial charge in [0.2, 0.25) is 0 Å². The summed E-state index contributed by atoms with van der Waals surface area (Å²) in [6, 6.07) is 11.8. The second-order valence-electron chi connectivity index (χ2n) is 4.11. The Morgan fingerprint density at radius 1 is 1.17 bits per heavy atom. The molecule has 0 saturated carbocycles. The maximum absolute atomic E-state index is 5.90. The molecule has 0 amide bonds. The number of fused-ring (bicyclic) bond motifs is 1. The van der Waals surface area contributed by atoms with E-state index < -0.39 is 0 Å². The Balaban J connectivity index is 2.06. The molecule has 0 aliphatic heterocycles. The molecule has 18 heavy (non-hydrogen) atoms. The highest BCUT2D eigenvalue weighted by molar-refractivity contribution is 6.30. The van der Waals surface area contributed by atoms with Crippen molar-refractivity contribution in [2.24, 2.45) is 0 Å². The first-order valence-electron chi connectivity index (χ1n) is 5.67. The highest BCUT2D eigenvalue weighted by atomic mass is 35.5. The van der Waals surface area contributed by atoms with Crippen LogP contribution in [-0.4, -0.2) is 17.0 Å². The Labute approximate surface area is 110 Å². The summed E-state index contributed by atoms with van der Waals surface area (Å²) in [6.07, 6.45) is 3.75. The number of rotatable bonds is 2. The van der Waals surface area contributed by atoms with Crippen LogP contribution >= 0.6 is 11.6 Å². The third-order valence-corrected chi connectivity index (χ3v) is 3.26. The molecule has 3 aromatic rings. The van der Waals surface area contributed by atoms with Gasteiger partial charge in [-0.1, -0.05) is 11.6 Å². The van der Waals surface area contributed by atoms with Gasteiger partial charge in [0.15, 0.2) is 0 Å². The van der Waals surface area contributed by atoms with Crippen molar-refractivity contribution in [3.8, 4) is 0 Å². The Bertz CT molecular complexity index is 673. The van der Waals surface area contributed by atoms with E-state index in [0.29, 0.717) is 0 Å². The average Bonchev–Trinajstić information content (AvgIpc) is 2.82. The first-order chi connectivity index (χ1) is 8.75. The molecular weight excluding hydrogens is 246 g/mol. The lowest BCUT2D eigenvalue weighted by atomic mass is 10.2. The molecule has 90 valence electrons. The largest absolute Gasteiger partial charge is 0.344 e. The number of benzene rings is 1. The van der Waals surface area contributed by atoms with Crippen molar-refractivity contribution in [2.45, 2.75) is 0 Å². The number of halogens is 1.